The Morgan fingerprint density at radius 1 is 1.89 bits per heavy atom. The van der Waals surface area contributed by atoms with Gasteiger partial charge in [0.15, 0.2) is 0 Å². The molecular weight excluding hydrogens is 122 g/mol. The number of aliphatic carboxylic acids is 1. The Morgan fingerprint density at radius 2 is 2.67 bits per heavy atom. The molecule has 0 aromatic rings. The van der Waals surface area contributed by atoms with E-state index >= 15 is 0 Å². The molecule has 0 radical (unpaired) electrons. The van der Waals surface area contributed by atoms with Crippen molar-refractivity contribution < 1.29 is 15.0 Å². The predicted molar refractivity (Wildman–Crippen MR) is 30.1 cm³/mol. The van der Waals surface area contributed by atoms with Crippen LogP contribution in [0, 0.1) is 0 Å². The summed E-state index contributed by atoms with van der Waals surface area (Å²) in [6, 6.07) is -0.493. The maximum atomic E-state index is 10.6. The summed E-state index contributed by atoms with van der Waals surface area (Å²) in [5.41, 5.74) is 0. The van der Waals surface area contributed by atoms with Crippen LogP contribution in [0.15, 0.2) is 0 Å². The van der Waals surface area contributed by atoms with Crippen molar-refractivity contribution in [3.05, 3.63) is 0 Å². The average Bonchev–Trinajstić information content (AvgIpc) is 2.34. The van der Waals surface area contributed by atoms with Crippen LogP contribution in [0.3, 0.4) is 0 Å². The Kier molecular flexibility index (Phi) is 1.34. The Morgan fingerprint density at radius 3 is 3.11 bits per heavy atom. The monoisotopic (exact) mass is 132 g/mol. The van der Waals surface area contributed by atoms with Gasteiger partial charge in [0, 0.05) is 13.0 Å². The second kappa shape index (κ2) is 2.33. The number of hydrogen-bond donors (Lipinski definition) is 3. The zero-order chi connectivity index (χ0) is 7.56. The highest BCUT2D eigenvalue weighted by Gasteiger charge is 2.27. The van der Waals surface area contributed by atoms with E-state index in [0.29, 0.717) is 13.0 Å². The molecule has 9 heavy (non-hydrogen) atoms. The number of carboxylic acid groups (broad SMARTS) is 1. The highest BCUT2D eigenvalue weighted by Crippen LogP contribution is 2.05. The van der Waals surface area contributed by atoms with Gasteiger partial charge in [-0.15, -0.1) is 0 Å². The van der Waals surface area contributed by atoms with Crippen molar-refractivity contribution in [2.75, 3.05) is 6.54 Å². The van der Waals surface area contributed by atoms with Gasteiger partial charge in [-0.25, -0.2) is 0 Å². The first kappa shape index (κ1) is 5.20. The molecule has 2 atom stereocenters. The third-order valence-electron chi connectivity index (χ3n) is 1.39. The van der Waals surface area contributed by atoms with E-state index in [1.54, 1.807) is 0 Å². The fraction of sp³-hybridized carbons (Fsp3) is 0.800. The second-order valence-electron chi connectivity index (χ2n) is 2.17. The highest BCUT2D eigenvalue weighted by molar-refractivity contribution is 5.73. The van der Waals surface area contributed by atoms with Crippen LogP contribution in [0.5, 0.6) is 0 Å². The first-order valence-electron chi connectivity index (χ1n) is 3.23. The molecule has 0 aromatic heterocycles. The van der Waals surface area contributed by atoms with Crippen LogP contribution in [0.4, 0.5) is 0 Å². The van der Waals surface area contributed by atoms with E-state index in [-0.39, 0.29) is 0 Å². The SMILES string of the molecule is [2H]OC(=O)[C@@H]1C[C@@H](O)CN1. The minimum atomic E-state index is -0.628. The summed E-state index contributed by atoms with van der Waals surface area (Å²) in [4.78, 5) is 10.6. The van der Waals surface area contributed by atoms with Crippen LogP contribution < -0.4 is 5.32 Å². The molecule has 4 nitrogen and oxygen atoms in total. The molecule has 1 aliphatic rings. The molecule has 52 valence electrons. The van der Waals surface area contributed by atoms with Gasteiger partial charge in [-0.05, 0) is 0 Å². The summed E-state index contributed by atoms with van der Waals surface area (Å²) in [5.74, 6) is -0.628. The van der Waals surface area contributed by atoms with Crippen molar-refractivity contribution in [3.8, 4) is 0 Å². The largest absolute Gasteiger partial charge is 0.480 e. The van der Waals surface area contributed by atoms with Gasteiger partial charge in [-0.2, -0.15) is 0 Å². The Hall–Kier alpha value is -0.610. The first-order chi connectivity index (χ1) is 4.74. The van der Waals surface area contributed by atoms with Crippen LogP contribution in [0.25, 0.3) is 1.43 Å². The van der Waals surface area contributed by atoms with Gasteiger partial charge >= 0.3 is 5.97 Å². The number of nitrogens with one attached hydrogen (secondary N) is 1. The van der Waals surface area contributed by atoms with E-state index in [4.69, 9.17) is 6.54 Å². The van der Waals surface area contributed by atoms with E-state index in [1.807, 2.05) is 0 Å². The first-order valence-corrected chi connectivity index (χ1v) is 2.82. The van der Waals surface area contributed by atoms with Crippen LogP contribution in [-0.2, 0) is 4.79 Å². The van der Waals surface area contributed by atoms with Crippen LogP contribution in [0.2, 0.25) is 0 Å². The van der Waals surface area contributed by atoms with Gasteiger partial charge in [0.2, 0.25) is 0 Å². The van der Waals surface area contributed by atoms with Crippen molar-refractivity contribution in [2.24, 2.45) is 0 Å². The van der Waals surface area contributed by atoms with Crippen molar-refractivity contribution in [1.82, 2.24) is 5.32 Å². The summed E-state index contributed by atoms with van der Waals surface area (Å²) in [7, 11) is 0. The van der Waals surface area contributed by atoms with Gasteiger partial charge in [-0.3, -0.25) is 4.79 Å². The fourth-order valence-corrected chi connectivity index (χ4v) is 0.897. The molecule has 0 unspecified atom stereocenters. The standard InChI is InChI=1S/C5H9NO3/c7-3-1-4(5(8)9)6-2-3/h3-4,6-7H,1-2H2,(H,8,9)/t3-,4+/m1/s1/i/hD. The molecule has 0 amide bonds. The molecule has 0 saturated carbocycles. The molecule has 1 saturated heterocycles. The van der Waals surface area contributed by atoms with E-state index in [0.717, 1.165) is 0 Å². The average molecular weight is 132 g/mol. The van der Waals surface area contributed by atoms with Gasteiger partial charge < -0.3 is 15.5 Å². The second-order valence-corrected chi connectivity index (χ2v) is 2.17. The Labute approximate surface area is 54.0 Å². The number of carbonyl (C=O) groups is 1. The Bertz CT molecular complexity index is 141. The molecule has 1 fully saturated rings. The molecule has 1 heterocycles. The zero-order valence-electron chi connectivity index (χ0n) is 5.83. The smallest absolute Gasteiger partial charge is 0.320 e. The van der Waals surface area contributed by atoms with Crippen molar-refractivity contribution in [3.63, 3.8) is 0 Å². The molecule has 4 heteroatoms. The molecular formula is C5H9NO3. The lowest BCUT2D eigenvalue weighted by molar-refractivity contribution is -0.139. The summed E-state index contributed by atoms with van der Waals surface area (Å²) in [5, 5.41) is 15.3. The lowest BCUT2D eigenvalue weighted by atomic mass is 10.2. The third kappa shape index (κ3) is 1.40. The number of aliphatic hydroxyl groups is 1. The summed E-state index contributed by atoms with van der Waals surface area (Å²) in [6.45, 7) is 0.403. The highest BCUT2D eigenvalue weighted by atomic mass is 16.4. The summed E-state index contributed by atoms with van der Waals surface area (Å²) >= 11 is 0. The number of β-amino-alcohol motifs (C(OH)–C–C–N with tert-alkyl or cyclic N) is 1. The summed E-state index contributed by atoms with van der Waals surface area (Å²) < 4.78 is 6.27. The lowest BCUT2D eigenvalue weighted by Gasteiger charge is -1.99. The summed E-state index contributed by atoms with van der Waals surface area (Å²) in [6.07, 6.45) is -0.137. The van der Waals surface area contributed by atoms with Crippen LogP contribution >= 0.6 is 0 Å². The van der Waals surface area contributed by atoms with Crippen molar-refractivity contribution >= 4 is 5.97 Å². The lowest BCUT2D eigenvalue weighted by Crippen LogP contribution is -2.29. The van der Waals surface area contributed by atoms with Gasteiger partial charge in [0.1, 0.15) is 6.04 Å². The maximum Gasteiger partial charge on any atom is 0.320 e. The van der Waals surface area contributed by atoms with E-state index in [9.17, 15) is 4.79 Å². The number of rotatable bonds is 1. The zero-order valence-corrected chi connectivity index (χ0v) is 4.83. The molecule has 0 aliphatic carbocycles. The van der Waals surface area contributed by atoms with Crippen LogP contribution in [0.1, 0.15) is 6.42 Å². The van der Waals surface area contributed by atoms with Gasteiger partial charge in [0.25, 0.3) is 1.43 Å². The van der Waals surface area contributed by atoms with Crippen molar-refractivity contribution in [1.29, 1.82) is 1.43 Å². The van der Waals surface area contributed by atoms with Crippen molar-refractivity contribution in [2.45, 2.75) is 18.6 Å². The molecule has 0 bridgehead atoms. The van der Waals surface area contributed by atoms with Crippen LogP contribution in [-0.4, -0.2) is 34.9 Å². The number of hydrogen-bond acceptors (Lipinski definition) is 4. The number of carboxylic acids is 1. The third-order valence-corrected chi connectivity index (χ3v) is 1.39. The van der Waals surface area contributed by atoms with E-state index < -0.39 is 18.1 Å². The molecule has 0 aromatic carbocycles. The number of aliphatic hydroxyl groups excluding tert-OH is 1. The quantitative estimate of drug-likeness (QED) is 0.419. The van der Waals surface area contributed by atoms with Gasteiger partial charge in [-0.1, -0.05) is 0 Å². The predicted octanol–water partition coefficient (Wildman–Crippen LogP) is -1.21. The molecule has 1 rings (SSSR count). The maximum absolute atomic E-state index is 10.6. The van der Waals surface area contributed by atoms with E-state index in [1.165, 1.54) is 0 Å². The normalized spacial score (nSPS) is 35.9. The van der Waals surface area contributed by atoms with E-state index in [2.05, 4.69) is 10.4 Å². The minimum absolute atomic E-state index is 0.345. The Balaban J connectivity index is 2.37. The minimum Gasteiger partial charge on any atom is -0.480 e. The molecule has 0 spiro atoms. The molecule has 1 aliphatic heterocycles. The topological polar surface area (TPSA) is 69.6 Å². The molecule has 3 N–H and O–H groups in total. The fourth-order valence-electron chi connectivity index (χ4n) is 0.897. The van der Waals surface area contributed by atoms with Gasteiger partial charge in [0.05, 0.1) is 6.10 Å².